The van der Waals surface area contributed by atoms with E-state index in [1.807, 2.05) is 30.3 Å². The van der Waals surface area contributed by atoms with E-state index in [4.69, 9.17) is 0 Å². The van der Waals surface area contributed by atoms with Crippen LogP contribution in [0, 0.1) is 0 Å². The second-order valence-electron chi connectivity index (χ2n) is 5.56. The minimum absolute atomic E-state index is 0.117. The zero-order valence-electron chi connectivity index (χ0n) is 13.5. The van der Waals surface area contributed by atoms with Gasteiger partial charge >= 0.3 is 12.1 Å². The molecule has 0 unspecified atom stereocenters. The molecule has 5 nitrogen and oxygen atoms in total. The molecule has 8 heteroatoms. The molecule has 3 aromatic rings. The fraction of sp³-hybridized carbons (Fsp3) is 0.167. The topological polar surface area (TPSA) is 68.0 Å². The summed E-state index contributed by atoms with van der Waals surface area (Å²) in [7, 11) is 0. The number of nitrogens with one attached hydrogen (secondary N) is 1. The van der Waals surface area contributed by atoms with Crippen LogP contribution in [0.4, 0.5) is 13.2 Å². The van der Waals surface area contributed by atoms with Gasteiger partial charge in [0.1, 0.15) is 0 Å². The fourth-order valence-corrected chi connectivity index (χ4v) is 2.27. The number of nitrogens with zero attached hydrogens (tertiary/aromatic N) is 2. The number of halogens is 3. The van der Waals surface area contributed by atoms with Crippen molar-refractivity contribution < 1.29 is 22.5 Å². The number of benzene rings is 2. The van der Waals surface area contributed by atoms with Crippen LogP contribution in [0.1, 0.15) is 17.0 Å². The number of rotatable bonds is 5. The van der Waals surface area contributed by atoms with Gasteiger partial charge in [-0.2, -0.15) is 18.2 Å². The van der Waals surface area contributed by atoms with Crippen LogP contribution in [0.15, 0.2) is 59.1 Å². The first-order valence-corrected chi connectivity index (χ1v) is 7.72. The molecule has 0 saturated heterocycles. The number of hydrogen-bond acceptors (Lipinski definition) is 4. The number of hydrogen-bond donors (Lipinski definition) is 1. The zero-order valence-corrected chi connectivity index (χ0v) is 13.5. The van der Waals surface area contributed by atoms with Crippen LogP contribution < -0.4 is 5.32 Å². The second kappa shape index (κ2) is 7.38. The molecule has 0 fully saturated rings. The van der Waals surface area contributed by atoms with E-state index in [0.717, 1.165) is 11.1 Å². The highest BCUT2D eigenvalue weighted by atomic mass is 19.4. The molecule has 26 heavy (non-hydrogen) atoms. The summed E-state index contributed by atoms with van der Waals surface area (Å²) in [6.07, 6.45) is -4.39. The lowest BCUT2D eigenvalue weighted by Crippen LogP contribution is -2.24. The number of carbonyl (C=O) groups is 1. The van der Waals surface area contributed by atoms with E-state index in [1.54, 1.807) is 24.3 Å². The molecule has 0 aliphatic rings. The summed E-state index contributed by atoms with van der Waals surface area (Å²) in [6.45, 7) is 0.312. The molecule has 1 aromatic heterocycles. The number of alkyl halides is 3. The van der Waals surface area contributed by atoms with Crippen molar-refractivity contribution in [1.82, 2.24) is 15.5 Å². The molecule has 0 spiro atoms. The normalized spacial score (nSPS) is 11.3. The monoisotopic (exact) mass is 361 g/mol. The molecule has 1 heterocycles. The number of amides is 1. The Morgan fingerprint density at radius 1 is 1.00 bits per heavy atom. The average Bonchev–Trinajstić information content (AvgIpc) is 3.12. The van der Waals surface area contributed by atoms with Crippen molar-refractivity contribution in [2.24, 2.45) is 0 Å². The van der Waals surface area contributed by atoms with E-state index < -0.39 is 12.1 Å². The third kappa shape index (κ3) is 4.47. The molecule has 0 radical (unpaired) electrons. The molecule has 0 aliphatic carbocycles. The molecule has 134 valence electrons. The lowest BCUT2D eigenvalue weighted by atomic mass is 10.1. The van der Waals surface area contributed by atoms with E-state index in [-0.39, 0.29) is 18.2 Å². The highest BCUT2D eigenvalue weighted by Crippen LogP contribution is 2.29. The smallest absolute Gasteiger partial charge is 0.352 e. The maximum absolute atomic E-state index is 12.5. The van der Waals surface area contributed by atoms with Crippen molar-refractivity contribution in [1.29, 1.82) is 0 Å². The van der Waals surface area contributed by atoms with Crippen LogP contribution in [0.5, 0.6) is 0 Å². The molecule has 0 aliphatic heterocycles. The Morgan fingerprint density at radius 2 is 1.69 bits per heavy atom. The SMILES string of the molecule is O=C(Cc1ccccc1)NCc1ccc(-c2noc(C(F)(F)F)n2)cc1. The Bertz CT molecular complexity index is 875. The number of aromatic nitrogens is 2. The minimum Gasteiger partial charge on any atom is -0.352 e. The summed E-state index contributed by atoms with van der Waals surface area (Å²) in [6, 6.07) is 15.9. The van der Waals surface area contributed by atoms with Crippen LogP contribution in [-0.2, 0) is 23.9 Å². The van der Waals surface area contributed by atoms with Gasteiger partial charge in [0.2, 0.25) is 11.7 Å². The molecule has 1 N–H and O–H groups in total. The molecule has 0 atom stereocenters. The maximum atomic E-state index is 12.5. The van der Waals surface area contributed by atoms with Crippen molar-refractivity contribution >= 4 is 5.91 Å². The Kier molecular flexibility index (Phi) is 5.01. The first-order valence-electron chi connectivity index (χ1n) is 7.72. The minimum atomic E-state index is -4.67. The van der Waals surface area contributed by atoms with Crippen LogP contribution in [0.2, 0.25) is 0 Å². The van der Waals surface area contributed by atoms with E-state index in [0.29, 0.717) is 12.1 Å². The Hall–Kier alpha value is -3.16. The quantitative estimate of drug-likeness (QED) is 0.754. The van der Waals surface area contributed by atoms with Gasteiger partial charge < -0.3 is 9.84 Å². The molecular formula is C18H14F3N3O2. The highest BCUT2D eigenvalue weighted by molar-refractivity contribution is 5.78. The molecular weight excluding hydrogens is 347 g/mol. The molecule has 0 bridgehead atoms. The second-order valence-corrected chi connectivity index (χ2v) is 5.56. The standard InChI is InChI=1S/C18H14F3N3O2/c19-18(20,21)17-23-16(24-26-17)14-8-6-13(7-9-14)11-22-15(25)10-12-4-2-1-3-5-12/h1-9H,10-11H2,(H,22,25). The Labute approximate surface area is 146 Å². The zero-order chi connectivity index (χ0) is 18.6. The lowest BCUT2D eigenvalue weighted by Gasteiger charge is -2.06. The van der Waals surface area contributed by atoms with Gasteiger partial charge in [0.15, 0.2) is 0 Å². The highest BCUT2D eigenvalue weighted by Gasteiger charge is 2.38. The third-order valence-corrected chi connectivity index (χ3v) is 3.58. The van der Waals surface area contributed by atoms with Gasteiger partial charge in [0, 0.05) is 12.1 Å². The summed E-state index contributed by atoms with van der Waals surface area (Å²) in [4.78, 5) is 15.3. The third-order valence-electron chi connectivity index (χ3n) is 3.58. The molecule has 1 amide bonds. The Balaban J connectivity index is 1.58. The van der Waals surface area contributed by atoms with Crippen molar-refractivity contribution in [3.63, 3.8) is 0 Å². The molecule has 3 rings (SSSR count). The summed E-state index contributed by atoms with van der Waals surface area (Å²) in [5, 5.41) is 6.12. The van der Waals surface area contributed by atoms with Crippen molar-refractivity contribution in [2.45, 2.75) is 19.1 Å². The predicted molar refractivity (Wildman–Crippen MR) is 86.7 cm³/mol. The van der Waals surface area contributed by atoms with Gasteiger partial charge in [0.25, 0.3) is 0 Å². The van der Waals surface area contributed by atoms with Crippen LogP contribution >= 0.6 is 0 Å². The summed E-state index contributed by atoms with van der Waals surface area (Å²) >= 11 is 0. The average molecular weight is 361 g/mol. The van der Waals surface area contributed by atoms with E-state index in [1.165, 1.54) is 0 Å². The summed E-state index contributed by atoms with van der Waals surface area (Å²) < 4.78 is 41.6. The fourth-order valence-electron chi connectivity index (χ4n) is 2.27. The van der Waals surface area contributed by atoms with Crippen molar-refractivity contribution in [3.8, 4) is 11.4 Å². The van der Waals surface area contributed by atoms with E-state index in [2.05, 4.69) is 20.0 Å². The first-order chi connectivity index (χ1) is 12.4. The first kappa shape index (κ1) is 17.7. The number of carbonyl (C=O) groups excluding carboxylic acids is 1. The maximum Gasteiger partial charge on any atom is 0.471 e. The van der Waals surface area contributed by atoms with Gasteiger partial charge in [0.05, 0.1) is 6.42 Å². The Morgan fingerprint density at radius 3 is 2.31 bits per heavy atom. The van der Waals surface area contributed by atoms with Crippen molar-refractivity contribution in [3.05, 3.63) is 71.6 Å². The van der Waals surface area contributed by atoms with E-state index >= 15 is 0 Å². The van der Waals surface area contributed by atoms with Crippen LogP contribution in [0.3, 0.4) is 0 Å². The molecule has 2 aromatic carbocycles. The summed E-state index contributed by atoms with van der Waals surface area (Å²) in [5.41, 5.74) is 2.11. The van der Waals surface area contributed by atoms with Gasteiger partial charge in [-0.3, -0.25) is 4.79 Å². The van der Waals surface area contributed by atoms with Crippen molar-refractivity contribution in [2.75, 3.05) is 0 Å². The van der Waals surface area contributed by atoms with Gasteiger partial charge in [-0.05, 0) is 11.1 Å². The van der Waals surface area contributed by atoms with Gasteiger partial charge in [-0.25, -0.2) is 0 Å². The summed E-state index contributed by atoms with van der Waals surface area (Å²) in [5.74, 6) is -1.64. The van der Waals surface area contributed by atoms with E-state index in [9.17, 15) is 18.0 Å². The van der Waals surface area contributed by atoms with Crippen LogP contribution in [0.25, 0.3) is 11.4 Å². The lowest BCUT2D eigenvalue weighted by molar-refractivity contribution is -0.159. The van der Waals surface area contributed by atoms with Crippen LogP contribution in [-0.4, -0.2) is 16.0 Å². The van der Waals surface area contributed by atoms with Gasteiger partial charge in [-0.15, -0.1) is 0 Å². The largest absolute Gasteiger partial charge is 0.471 e. The molecule has 0 saturated carbocycles. The predicted octanol–water partition coefficient (Wildman–Crippen LogP) is 3.61. The van der Waals surface area contributed by atoms with Gasteiger partial charge in [-0.1, -0.05) is 59.8 Å².